The van der Waals surface area contributed by atoms with Crippen molar-refractivity contribution in [3.8, 4) is 0 Å². The summed E-state index contributed by atoms with van der Waals surface area (Å²) < 4.78 is 15.9. The van der Waals surface area contributed by atoms with E-state index in [0.29, 0.717) is 0 Å². The van der Waals surface area contributed by atoms with E-state index in [1.54, 1.807) is 14.2 Å². The molecule has 0 unspecified atom stereocenters. The summed E-state index contributed by atoms with van der Waals surface area (Å²) >= 11 is 0. The molecule has 4 heteroatoms. The minimum atomic E-state index is -0.559. The van der Waals surface area contributed by atoms with Gasteiger partial charge in [0, 0.05) is 26.9 Å². The van der Waals surface area contributed by atoms with Gasteiger partial charge in [0.2, 0.25) is 0 Å². The highest BCUT2D eigenvalue weighted by Crippen LogP contribution is 2.07. The van der Waals surface area contributed by atoms with Crippen LogP contribution in [0.3, 0.4) is 0 Å². The maximum atomic E-state index is 5.70. The minimum Gasteiger partial charge on any atom is -0.423 e. The number of methoxy groups -OCH3 is 2. The zero-order valence-corrected chi connectivity index (χ0v) is 12.6. The fourth-order valence-electron chi connectivity index (χ4n) is 1.68. The smallest absolute Gasteiger partial charge is 0.166 e. The van der Waals surface area contributed by atoms with E-state index < -0.39 is 9.76 Å². The Bertz CT molecular complexity index is 351. The van der Waals surface area contributed by atoms with Gasteiger partial charge in [-0.05, 0) is 17.5 Å². The monoisotopic (exact) mass is 266 g/mol. The van der Waals surface area contributed by atoms with E-state index in [-0.39, 0.29) is 6.29 Å². The van der Waals surface area contributed by atoms with Crippen LogP contribution in [0.2, 0.25) is 6.04 Å². The topological polar surface area (TPSA) is 27.7 Å². The molecule has 0 aliphatic carbocycles. The third-order valence-corrected chi connectivity index (χ3v) is 4.03. The van der Waals surface area contributed by atoms with Crippen LogP contribution in [0.1, 0.15) is 11.1 Å². The highest BCUT2D eigenvalue weighted by atomic mass is 28.2. The van der Waals surface area contributed by atoms with Gasteiger partial charge in [-0.2, -0.15) is 0 Å². The second kappa shape index (κ2) is 9.05. The molecule has 0 amide bonds. The lowest BCUT2D eigenvalue weighted by atomic mass is 10.1. The summed E-state index contributed by atoms with van der Waals surface area (Å²) in [5, 5.41) is 0. The van der Waals surface area contributed by atoms with Crippen LogP contribution in [-0.4, -0.2) is 36.9 Å². The quantitative estimate of drug-likeness (QED) is 0.389. The first-order chi connectivity index (χ1) is 8.80. The highest BCUT2D eigenvalue weighted by molar-refractivity contribution is 6.27. The Kier molecular flexibility index (Phi) is 7.60. The molecule has 0 saturated carbocycles. The van der Waals surface area contributed by atoms with E-state index >= 15 is 0 Å². The lowest BCUT2D eigenvalue weighted by Gasteiger charge is -2.12. The number of hydrogen-bond donors (Lipinski definition) is 0. The lowest BCUT2D eigenvalue weighted by Crippen LogP contribution is -2.17. The van der Waals surface area contributed by atoms with E-state index in [9.17, 15) is 0 Å². The van der Waals surface area contributed by atoms with Crippen molar-refractivity contribution in [1.82, 2.24) is 0 Å². The molecule has 0 aliphatic heterocycles. The molecule has 0 saturated heterocycles. The highest BCUT2D eigenvalue weighted by Gasteiger charge is 2.04. The van der Waals surface area contributed by atoms with Crippen molar-refractivity contribution in [3.05, 3.63) is 42.0 Å². The van der Waals surface area contributed by atoms with Gasteiger partial charge in [0.1, 0.15) is 0 Å². The number of benzene rings is 1. The lowest BCUT2D eigenvalue weighted by molar-refractivity contribution is -0.0888. The molecule has 100 valence electrons. The van der Waals surface area contributed by atoms with Gasteiger partial charge in [-0.15, -0.1) is 0 Å². The molecule has 1 aromatic carbocycles. The standard InChI is InChI=1S/C14H22O3Si/c1-4-12-6-5-7-13(10-12)8-9-17-18-11-14(15-2)16-3/h4-7,10,14H,1,8-9,11,18H2,2-3H3. The van der Waals surface area contributed by atoms with Crippen LogP contribution in [-0.2, 0) is 20.3 Å². The number of ether oxygens (including phenoxy) is 2. The molecule has 0 atom stereocenters. The second-order valence-corrected chi connectivity index (χ2v) is 5.40. The first-order valence-electron chi connectivity index (χ1n) is 6.15. The average molecular weight is 266 g/mol. The predicted molar refractivity (Wildman–Crippen MR) is 77.3 cm³/mol. The van der Waals surface area contributed by atoms with Gasteiger partial charge in [0.25, 0.3) is 0 Å². The fourth-order valence-corrected chi connectivity index (χ4v) is 2.86. The second-order valence-electron chi connectivity index (χ2n) is 4.00. The summed E-state index contributed by atoms with van der Waals surface area (Å²) in [6.07, 6.45) is 2.70. The van der Waals surface area contributed by atoms with E-state index in [1.165, 1.54) is 5.56 Å². The maximum Gasteiger partial charge on any atom is 0.166 e. The predicted octanol–water partition coefficient (Wildman–Crippen LogP) is 2.01. The summed E-state index contributed by atoms with van der Waals surface area (Å²) in [6.45, 7) is 4.54. The van der Waals surface area contributed by atoms with E-state index in [1.807, 2.05) is 12.1 Å². The molecule has 0 spiro atoms. The average Bonchev–Trinajstić information content (AvgIpc) is 2.43. The first-order valence-corrected chi connectivity index (χ1v) is 7.72. The summed E-state index contributed by atoms with van der Waals surface area (Å²) in [5.41, 5.74) is 2.44. The van der Waals surface area contributed by atoms with Crippen LogP contribution in [0.25, 0.3) is 6.08 Å². The van der Waals surface area contributed by atoms with Gasteiger partial charge in [-0.25, -0.2) is 0 Å². The van der Waals surface area contributed by atoms with Crippen molar-refractivity contribution in [2.24, 2.45) is 0 Å². The van der Waals surface area contributed by atoms with Crippen LogP contribution in [0.5, 0.6) is 0 Å². The summed E-state index contributed by atoms with van der Waals surface area (Å²) in [5.74, 6) is 0. The Balaban J connectivity index is 2.19. The molecular formula is C14H22O3Si. The summed E-state index contributed by atoms with van der Waals surface area (Å²) in [6, 6.07) is 9.25. The SMILES string of the molecule is C=Cc1cccc(CCO[SiH2]CC(OC)OC)c1. The van der Waals surface area contributed by atoms with Crippen molar-refractivity contribution in [2.45, 2.75) is 18.8 Å². The number of hydrogen-bond acceptors (Lipinski definition) is 3. The van der Waals surface area contributed by atoms with Crippen LogP contribution >= 0.6 is 0 Å². The molecular weight excluding hydrogens is 244 g/mol. The minimum absolute atomic E-state index is 0.110. The van der Waals surface area contributed by atoms with Crippen molar-refractivity contribution in [3.63, 3.8) is 0 Å². The summed E-state index contributed by atoms with van der Waals surface area (Å²) in [7, 11) is 2.75. The van der Waals surface area contributed by atoms with Gasteiger partial charge in [-0.1, -0.05) is 36.9 Å². The summed E-state index contributed by atoms with van der Waals surface area (Å²) in [4.78, 5) is 0. The Morgan fingerprint density at radius 2 is 2.11 bits per heavy atom. The molecule has 0 aromatic heterocycles. The zero-order chi connectivity index (χ0) is 13.2. The Labute approximate surface area is 112 Å². The van der Waals surface area contributed by atoms with E-state index in [4.69, 9.17) is 13.9 Å². The third-order valence-electron chi connectivity index (χ3n) is 2.75. The van der Waals surface area contributed by atoms with Crippen LogP contribution in [0.4, 0.5) is 0 Å². The third kappa shape index (κ3) is 5.60. The maximum absolute atomic E-state index is 5.70. The molecule has 3 nitrogen and oxygen atoms in total. The molecule has 18 heavy (non-hydrogen) atoms. The molecule has 0 heterocycles. The molecule has 0 bridgehead atoms. The van der Waals surface area contributed by atoms with E-state index in [0.717, 1.165) is 24.6 Å². The number of rotatable bonds is 9. The molecule has 0 aliphatic rings. The fraction of sp³-hybridized carbons (Fsp3) is 0.429. The molecule has 1 aromatic rings. The molecule has 0 radical (unpaired) electrons. The Morgan fingerprint density at radius 1 is 1.33 bits per heavy atom. The normalized spacial score (nSPS) is 11.5. The zero-order valence-electron chi connectivity index (χ0n) is 11.2. The first kappa shape index (κ1) is 15.1. The van der Waals surface area contributed by atoms with Gasteiger partial charge in [-0.3, -0.25) is 0 Å². The largest absolute Gasteiger partial charge is 0.423 e. The van der Waals surface area contributed by atoms with Crippen molar-refractivity contribution in [2.75, 3.05) is 20.8 Å². The molecule has 0 N–H and O–H groups in total. The Hall–Kier alpha value is -0.943. The van der Waals surface area contributed by atoms with Gasteiger partial charge in [0.05, 0.1) is 0 Å². The Morgan fingerprint density at radius 3 is 2.78 bits per heavy atom. The van der Waals surface area contributed by atoms with Crippen LogP contribution in [0.15, 0.2) is 30.8 Å². The van der Waals surface area contributed by atoms with Crippen molar-refractivity contribution >= 4 is 15.8 Å². The van der Waals surface area contributed by atoms with Crippen molar-refractivity contribution < 1.29 is 13.9 Å². The van der Waals surface area contributed by atoms with Crippen LogP contribution in [0, 0.1) is 0 Å². The van der Waals surface area contributed by atoms with Gasteiger partial charge in [0.15, 0.2) is 16.1 Å². The van der Waals surface area contributed by atoms with Crippen molar-refractivity contribution in [1.29, 1.82) is 0 Å². The van der Waals surface area contributed by atoms with Gasteiger partial charge >= 0.3 is 0 Å². The molecule has 0 fully saturated rings. The van der Waals surface area contributed by atoms with Crippen LogP contribution < -0.4 is 0 Å². The van der Waals surface area contributed by atoms with Gasteiger partial charge < -0.3 is 13.9 Å². The van der Waals surface area contributed by atoms with E-state index in [2.05, 4.69) is 24.8 Å². The molecule has 1 rings (SSSR count).